The maximum absolute atomic E-state index is 11.4. The monoisotopic (exact) mass is 259 g/mol. The van der Waals surface area contributed by atoms with Crippen molar-refractivity contribution in [1.82, 2.24) is 15.5 Å². The van der Waals surface area contributed by atoms with E-state index in [0.717, 1.165) is 6.54 Å². The van der Waals surface area contributed by atoms with Crippen molar-refractivity contribution >= 4 is 12.0 Å². The molecule has 0 aliphatic heterocycles. The first-order valence-corrected chi connectivity index (χ1v) is 6.28. The Bertz CT molecular complexity index is 272. The van der Waals surface area contributed by atoms with E-state index < -0.39 is 18.0 Å². The summed E-state index contributed by atoms with van der Waals surface area (Å²) in [5.74, 6) is -1.05. The zero-order chi connectivity index (χ0) is 14.3. The van der Waals surface area contributed by atoms with Crippen molar-refractivity contribution in [2.45, 2.75) is 52.7 Å². The third-order valence-electron chi connectivity index (χ3n) is 2.70. The van der Waals surface area contributed by atoms with E-state index in [2.05, 4.69) is 43.2 Å². The van der Waals surface area contributed by atoms with Gasteiger partial charge in [0.05, 0.1) is 0 Å². The molecule has 0 aromatic rings. The Hall–Kier alpha value is -1.30. The molecule has 0 unspecified atom stereocenters. The topological polar surface area (TPSA) is 81.7 Å². The molecule has 0 radical (unpaired) electrons. The molecule has 0 aliphatic carbocycles. The molecule has 0 bridgehead atoms. The minimum Gasteiger partial charge on any atom is -0.480 e. The number of carbonyl (C=O) groups excluding carboxylic acids is 1. The number of carboxylic acids is 1. The highest BCUT2D eigenvalue weighted by molar-refractivity contribution is 5.82. The van der Waals surface area contributed by atoms with Gasteiger partial charge in [0.25, 0.3) is 0 Å². The third-order valence-corrected chi connectivity index (χ3v) is 2.70. The first-order valence-electron chi connectivity index (χ1n) is 6.28. The first-order chi connectivity index (χ1) is 8.25. The van der Waals surface area contributed by atoms with Gasteiger partial charge in [-0.05, 0) is 34.6 Å². The van der Waals surface area contributed by atoms with Gasteiger partial charge in [-0.3, -0.25) is 9.69 Å². The summed E-state index contributed by atoms with van der Waals surface area (Å²) in [4.78, 5) is 24.2. The minimum absolute atomic E-state index is 0.410. The number of hydrogen-bond donors (Lipinski definition) is 3. The largest absolute Gasteiger partial charge is 0.480 e. The van der Waals surface area contributed by atoms with E-state index in [9.17, 15) is 9.59 Å². The number of carboxylic acid groups (broad SMARTS) is 1. The fraction of sp³-hybridized carbons (Fsp3) is 0.833. The third kappa shape index (κ3) is 6.44. The molecule has 6 nitrogen and oxygen atoms in total. The van der Waals surface area contributed by atoms with E-state index in [1.165, 1.54) is 6.92 Å². The van der Waals surface area contributed by atoms with E-state index in [1.807, 2.05) is 0 Å². The van der Waals surface area contributed by atoms with Gasteiger partial charge >= 0.3 is 12.0 Å². The number of urea groups is 1. The van der Waals surface area contributed by atoms with Gasteiger partial charge in [0.15, 0.2) is 0 Å². The van der Waals surface area contributed by atoms with Gasteiger partial charge in [0.1, 0.15) is 6.04 Å². The number of carbonyl (C=O) groups is 2. The average Bonchev–Trinajstić information content (AvgIpc) is 2.22. The first kappa shape index (κ1) is 16.7. The second-order valence-electron chi connectivity index (χ2n) is 4.89. The standard InChI is InChI=1S/C12H25N3O3/c1-8(2)15(9(3)4)7-6-13-12(18)14-10(5)11(16)17/h8-10H,6-7H2,1-5H3,(H,16,17)(H2,13,14,18)/t10-/m1/s1. The van der Waals surface area contributed by atoms with Crippen LogP contribution in [0.4, 0.5) is 4.79 Å². The summed E-state index contributed by atoms with van der Waals surface area (Å²) >= 11 is 0. The van der Waals surface area contributed by atoms with Crippen LogP contribution in [0.15, 0.2) is 0 Å². The molecule has 0 rings (SSSR count). The lowest BCUT2D eigenvalue weighted by Crippen LogP contribution is -2.47. The molecule has 0 aliphatic rings. The summed E-state index contributed by atoms with van der Waals surface area (Å²) in [5.41, 5.74) is 0. The number of nitrogens with one attached hydrogen (secondary N) is 2. The van der Waals surface area contributed by atoms with Gasteiger partial charge in [-0.1, -0.05) is 0 Å². The lowest BCUT2D eigenvalue weighted by molar-refractivity contribution is -0.138. The van der Waals surface area contributed by atoms with Crippen LogP contribution in [0, 0.1) is 0 Å². The molecular weight excluding hydrogens is 234 g/mol. The van der Waals surface area contributed by atoms with Crippen molar-refractivity contribution in [3.63, 3.8) is 0 Å². The molecule has 0 aromatic carbocycles. The molecule has 3 N–H and O–H groups in total. The fourth-order valence-electron chi connectivity index (χ4n) is 1.72. The Morgan fingerprint density at radius 2 is 1.61 bits per heavy atom. The maximum atomic E-state index is 11.4. The molecule has 0 aromatic heterocycles. The summed E-state index contributed by atoms with van der Waals surface area (Å²) in [7, 11) is 0. The molecule has 106 valence electrons. The molecule has 2 amide bonds. The normalized spacial score (nSPS) is 12.9. The van der Waals surface area contributed by atoms with Crippen molar-refractivity contribution in [2.75, 3.05) is 13.1 Å². The van der Waals surface area contributed by atoms with Crippen LogP contribution >= 0.6 is 0 Å². The van der Waals surface area contributed by atoms with E-state index in [1.54, 1.807) is 0 Å². The van der Waals surface area contributed by atoms with E-state index in [-0.39, 0.29) is 0 Å². The highest BCUT2D eigenvalue weighted by Crippen LogP contribution is 2.03. The second kappa shape index (κ2) is 7.92. The number of hydrogen-bond acceptors (Lipinski definition) is 3. The van der Waals surface area contributed by atoms with Crippen LogP contribution in [0.25, 0.3) is 0 Å². The molecule has 0 heterocycles. The Balaban J connectivity index is 3.96. The molecular formula is C12H25N3O3. The predicted molar refractivity (Wildman–Crippen MR) is 70.6 cm³/mol. The van der Waals surface area contributed by atoms with E-state index in [0.29, 0.717) is 18.6 Å². The van der Waals surface area contributed by atoms with Crippen molar-refractivity contribution in [2.24, 2.45) is 0 Å². The molecule has 6 heteroatoms. The molecule has 18 heavy (non-hydrogen) atoms. The number of amides is 2. The Morgan fingerprint density at radius 1 is 1.11 bits per heavy atom. The van der Waals surface area contributed by atoms with Gasteiger partial charge in [-0.2, -0.15) is 0 Å². The van der Waals surface area contributed by atoms with Crippen LogP contribution < -0.4 is 10.6 Å². The molecule has 1 atom stereocenters. The Kier molecular flexibility index (Phi) is 7.35. The van der Waals surface area contributed by atoms with Crippen LogP contribution in [0.1, 0.15) is 34.6 Å². The number of aliphatic carboxylic acids is 1. The number of nitrogens with zero attached hydrogens (tertiary/aromatic N) is 1. The summed E-state index contributed by atoms with van der Waals surface area (Å²) in [6.07, 6.45) is 0. The second-order valence-corrected chi connectivity index (χ2v) is 4.89. The Morgan fingerprint density at radius 3 is 2.00 bits per heavy atom. The van der Waals surface area contributed by atoms with Crippen molar-refractivity contribution in [1.29, 1.82) is 0 Å². The van der Waals surface area contributed by atoms with Crippen LogP contribution in [-0.4, -0.2) is 53.2 Å². The maximum Gasteiger partial charge on any atom is 0.325 e. The van der Waals surface area contributed by atoms with E-state index >= 15 is 0 Å². The van der Waals surface area contributed by atoms with Gasteiger partial charge in [-0.25, -0.2) is 4.79 Å². The lowest BCUT2D eigenvalue weighted by Gasteiger charge is -2.30. The zero-order valence-corrected chi connectivity index (χ0v) is 11.9. The number of rotatable bonds is 7. The SMILES string of the molecule is CC(C)N(CCNC(=O)N[C@H](C)C(=O)O)C(C)C. The predicted octanol–water partition coefficient (Wildman–Crippen LogP) is 0.878. The van der Waals surface area contributed by atoms with Gasteiger partial charge in [-0.15, -0.1) is 0 Å². The molecule has 0 spiro atoms. The Labute approximate surface area is 109 Å². The summed E-state index contributed by atoms with van der Waals surface area (Å²) in [5, 5.41) is 13.6. The zero-order valence-electron chi connectivity index (χ0n) is 11.9. The van der Waals surface area contributed by atoms with Crippen LogP contribution in [0.3, 0.4) is 0 Å². The summed E-state index contributed by atoms with van der Waals surface area (Å²) in [6, 6.07) is -0.505. The van der Waals surface area contributed by atoms with Crippen LogP contribution in [0.5, 0.6) is 0 Å². The quantitative estimate of drug-likeness (QED) is 0.634. The minimum atomic E-state index is -1.05. The molecule has 0 fully saturated rings. The molecule has 0 saturated carbocycles. The summed E-state index contributed by atoms with van der Waals surface area (Å²) < 4.78 is 0. The lowest BCUT2D eigenvalue weighted by atomic mass is 10.2. The van der Waals surface area contributed by atoms with Crippen LogP contribution in [-0.2, 0) is 4.79 Å². The van der Waals surface area contributed by atoms with Crippen LogP contribution in [0.2, 0.25) is 0 Å². The fourth-order valence-corrected chi connectivity index (χ4v) is 1.72. The van der Waals surface area contributed by atoms with Crippen molar-refractivity contribution in [3.8, 4) is 0 Å². The highest BCUT2D eigenvalue weighted by atomic mass is 16.4. The summed E-state index contributed by atoms with van der Waals surface area (Å²) in [6.45, 7) is 11.1. The van der Waals surface area contributed by atoms with Gasteiger partial charge in [0, 0.05) is 25.2 Å². The average molecular weight is 259 g/mol. The highest BCUT2D eigenvalue weighted by Gasteiger charge is 2.15. The van der Waals surface area contributed by atoms with E-state index in [4.69, 9.17) is 5.11 Å². The van der Waals surface area contributed by atoms with Gasteiger partial charge < -0.3 is 15.7 Å². The van der Waals surface area contributed by atoms with Gasteiger partial charge in [0.2, 0.25) is 0 Å². The van der Waals surface area contributed by atoms with Crippen molar-refractivity contribution < 1.29 is 14.7 Å². The van der Waals surface area contributed by atoms with Crippen molar-refractivity contribution in [3.05, 3.63) is 0 Å². The smallest absolute Gasteiger partial charge is 0.325 e. The molecule has 0 saturated heterocycles.